The van der Waals surface area contributed by atoms with Gasteiger partial charge in [-0.15, -0.1) is 0 Å². The van der Waals surface area contributed by atoms with Gasteiger partial charge in [0.05, 0.1) is 17.3 Å². The van der Waals surface area contributed by atoms with Gasteiger partial charge >= 0.3 is 0 Å². The number of carbonyl (C=O) groups is 2. The van der Waals surface area contributed by atoms with Gasteiger partial charge < -0.3 is 14.3 Å². The highest BCUT2D eigenvalue weighted by molar-refractivity contribution is 5.94. The lowest BCUT2D eigenvalue weighted by Crippen LogP contribution is -2.50. The Bertz CT molecular complexity index is 850. The lowest BCUT2D eigenvalue weighted by Gasteiger charge is -2.37. The van der Waals surface area contributed by atoms with Gasteiger partial charge in [-0.05, 0) is 45.9 Å². The second-order valence-electron chi connectivity index (χ2n) is 6.99. The minimum atomic E-state index is -0.411. The summed E-state index contributed by atoms with van der Waals surface area (Å²) < 4.78 is 19.5. The van der Waals surface area contributed by atoms with Crippen molar-refractivity contribution in [2.24, 2.45) is 0 Å². The van der Waals surface area contributed by atoms with Crippen molar-refractivity contribution in [3.05, 3.63) is 46.6 Å². The number of halogens is 1. The van der Waals surface area contributed by atoms with Crippen molar-refractivity contribution in [3.8, 4) is 0 Å². The fraction of sp³-hybridized carbons (Fsp3) is 0.450. The van der Waals surface area contributed by atoms with Gasteiger partial charge in [0.1, 0.15) is 11.6 Å². The third-order valence-corrected chi connectivity index (χ3v) is 5.18. The summed E-state index contributed by atoms with van der Waals surface area (Å²) >= 11 is 0. The number of nitrogens with zero attached hydrogens (tertiary/aromatic N) is 3. The number of anilines is 1. The minimum absolute atomic E-state index is 0.0245. The van der Waals surface area contributed by atoms with Gasteiger partial charge in [-0.1, -0.05) is 5.16 Å². The quantitative estimate of drug-likeness (QED) is 0.771. The zero-order chi connectivity index (χ0) is 19.7. The number of rotatable bonds is 4. The summed E-state index contributed by atoms with van der Waals surface area (Å²) in [6.07, 6.45) is 0. The number of hydrogen-bond acceptors (Lipinski definition) is 5. The van der Waals surface area contributed by atoms with E-state index in [1.54, 1.807) is 17.0 Å². The Hall–Kier alpha value is -2.70. The van der Waals surface area contributed by atoms with E-state index in [0.717, 1.165) is 11.3 Å². The van der Waals surface area contributed by atoms with Gasteiger partial charge in [0.15, 0.2) is 5.78 Å². The topological polar surface area (TPSA) is 66.7 Å². The first-order valence-electron chi connectivity index (χ1n) is 9.06. The van der Waals surface area contributed by atoms with Crippen molar-refractivity contribution < 1.29 is 18.5 Å². The van der Waals surface area contributed by atoms with E-state index in [4.69, 9.17) is 4.52 Å². The second kappa shape index (κ2) is 7.50. The summed E-state index contributed by atoms with van der Waals surface area (Å²) in [5, 5.41) is 3.93. The smallest absolute Gasteiger partial charge is 0.230 e. The van der Waals surface area contributed by atoms with Crippen LogP contribution in [-0.2, 0) is 4.79 Å². The first kappa shape index (κ1) is 19.1. The molecule has 0 unspecified atom stereocenters. The fourth-order valence-electron chi connectivity index (χ4n) is 3.66. The predicted molar refractivity (Wildman–Crippen MR) is 99.6 cm³/mol. The number of carbonyl (C=O) groups excluding carboxylic acids is 2. The molecular weight excluding hydrogens is 349 g/mol. The van der Waals surface area contributed by atoms with Gasteiger partial charge in [0, 0.05) is 37.3 Å². The molecule has 0 bridgehead atoms. The summed E-state index contributed by atoms with van der Waals surface area (Å²) in [6, 6.07) is 4.54. The monoisotopic (exact) mass is 373 g/mol. The van der Waals surface area contributed by atoms with E-state index in [2.05, 4.69) is 5.16 Å². The summed E-state index contributed by atoms with van der Waals surface area (Å²) in [7, 11) is 0. The van der Waals surface area contributed by atoms with E-state index >= 15 is 0 Å². The molecule has 7 heteroatoms. The van der Waals surface area contributed by atoms with Crippen LogP contribution in [0.4, 0.5) is 10.1 Å². The van der Waals surface area contributed by atoms with Crippen LogP contribution in [0.1, 0.15) is 47.1 Å². The van der Waals surface area contributed by atoms with Crippen molar-refractivity contribution >= 4 is 17.4 Å². The van der Waals surface area contributed by atoms with Crippen LogP contribution in [-0.4, -0.2) is 47.9 Å². The molecule has 1 atom stereocenters. The van der Waals surface area contributed by atoms with Crippen LogP contribution >= 0.6 is 0 Å². The largest absolute Gasteiger partial charge is 0.366 e. The number of Topliss-reactive ketones (excluding diaryl/α,β-unsaturated/α-hetero) is 1. The molecule has 0 aliphatic carbocycles. The molecule has 1 aliphatic heterocycles. The SMILES string of the molecule is CC(=O)c1ccc(N2CCN(C(=O)[C@@H](C)c3c(C)noc3C)CC2)c(F)c1. The summed E-state index contributed by atoms with van der Waals surface area (Å²) in [4.78, 5) is 27.9. The molecule has 1 aromatic carbocycles. The molecule has 2 aromatic rings. The molecule has 144 valence electrons. The lowest BCUT2D eigenvalue weighted by atomic mass is 9.97. The molecule has 1 amide bonds. The predicted octanol–water partition coefficient (Wildman–Crippen LogP) is 3.09. The summed E-state index contributed by atoms with van der Waals surface area (Å²) in [6.45, 7) is 9.03. The molecule has 0 radical (unpaired) electrons. The Kier molecular flexibility index (Phi) is 5.30. The highest BCUT2D eigenvalue weighted by atomic mass is 19.1. The van der Waals surface area contributed by atoms with E-state index in [1.165, 1.54) is 13.0 Å². The van der Waals surface area contributed by atoms with E-state index < -0.39 is 5.82 Å². The molecule has 3 rings (SSSR count). The third-order valence-electron chi connectivity index (χ3n) is 5.18. The maximum absolute atomic E-state index is 14.4. The fourth-order valence-corrected chi connectivity index (χ4v) is 3.66. The van der Waals surface area contributed by atoms with Gasteiger partial charge in [0.2, 0.25) is 5.91 Å². The Labute approximate surface area is 157 Å². The van der Waals surface area contributed by atoms with Crippen molar-refractivity contribution in [1.82, 2.24) is 10.1 Å². The Morgan fingerprint density at radius 1 is 1.19 bits per heavy atom. The first-order valence-corrected chi connectivity index (χ1v) is 9.06. The van der Waals surface area contributed by atoms with Crippen LogP contribution in [0.25, 0.3) is 0 Å². The van der Waals surface area contributed by atoms with Gasteiger partial charge in [-0.2, -0.15) is 0 Å². The van der Waals surface area contributed by atoms with Crippen LogP contribution in [0, 0.1) is 19.7 Å². The van der Waals surface area contributed by atoms with Crippen molar-refractivity contribution in [1.29, 1.82) is 0 Å². The molecule has 1 fully saturated rings. The summed E-state index contributed by atoms with van der Waals surface area (Å²) in [5.41, 5.74) is 2.40. The number of ketones is 1. The maximum Gasteiger partial charge on any atom is 0.230 e. The normalized spacial score (nSPS) is 15.7. The standard InChI is InChI=1S/C20H24FN3O3/c1-12(19-13(2)22-27-15(19)4)20(26)24-9-7-23(8-10-24)18-6-5-16(14(3)25)11-17(18)21/h5-6,11-12H,7-10H2,1-4H3/t12-/m0/s1. The highest BCUT2D eigenvalue weighted by Gasteiger charge is 2.29. The number of aryl methyl sites for hydroxylation is 2. The van der Waals surface area contributed by atoms with Crippen LogP contribution in [0.15, 0.2) is 22.7 Å². The van der Waals surface area contributed by atoms with Crippen LogP contribution < -0.4 is 4.90 Å². The van der Waals surface area contributed by atoms with E-state index in [1.807, 2.05) is 25.7 Å². The molecule has 1 aromatic heterocycles. The van der Waals surface area contributed by atoms with Gasteiger partial charge in [-0.25, -0.2) is 4.39 Å². The number of benzene rings is 1. The Morgan fingerprint density at radius 3 is 2.37 bits per heavy atom. The van der Waals surface area contributed by atoms with E-state index in [-0.39, 0.29) is 17.6 Å². The summed E-state index contributed by atoms with van der Waals surface area (Å²) in [5.74, 6) is -0.207. The highest BCUT2D eigenvalue weighted by Crippen LogP contribution is 2.27. The molecule has 2 heterocycles. The van der Waals surface area contributed by atoms with Crippen molar-refractivity contribution in [3.63, 3.8) is 0 Å². The Balaban J connectivity index is 1.67. The van der Waals surface area contributed by atoms with Crippen LogP contribution in [0.2, 0.25) is 0 Å². The molecule has 27 heavy (non-hydrogen) atoms. The van der Waals surface area contributed by atoms with Gasteiger partial charge in [0.25, 0.3) is 0 Å². The molecule has 1 saturated heterocycles. The zero-order valence-electron chi connectivity index (χ0n) is 16.1. The number of aromatic nitrogens is 1. The molecule has 1 aliphatic rings. The minimum Gasteiger partial charge on any atom is -0.366 e. The van der Waals surface area contributed by atoms with E-state index in [0.29, 0.717) is 43.2 Å². The number of amides is 1. The average Bonchev–Trinajstić information content (AvgIpc) is 2.99. The second-order valence-corrected chi connectivity index (χ2v) is 6.99. The van der Waals surface area contributed by atoms with Gasteiger partial charge in [-0.3, -0.25) is 9.59 Å². The Morgan fingerprint density at radius 2 is 1.85 bits per heavy atom. The molecule has 0 spiro atoms. The molecular formula is C20H24FN3O3. The first-order chi connectivity index (χ1) is 12.8. The maximum atomic E-state index is 14.4. The number of piperazine rings is 1. The lowest BCUT2D eigenvalue weighted by molar-refractivity contribution is -0.132. The number of hydrogen-bond donors (Lipinski definition) is 0. The average molecular weight is 373 g/mol. The molecule has 6 nitrogen and oxygen atoms in total. The zero-order valence-corrected chi connectivity index (χ0v) is 16.1. The van der Waals surface area contributed by atoms with E-state index in [9.17, 15) is 14.0 Å². The van der Waals surface area contributed by atoms with Crippen LogP contribution in [0.5, 0.6) is 0 Å². The third kappa shape index (κ3) is 3.72. The van der Waals surface area contributed by atoms with Crippen LogP contribution in [0.3, 0.4) is 0 Å². The molecule has 0 saturated carbocycles. The van der Waals surface area contributed by atoms with Crippen molar-refractivity contribution in [2.45, 2.75) is 33.6 Å². The van der Waals surface area contributed by atoms with Crippen molar-refractivity contribution in [2.75, 3.05) is 31.1 Å². The molecule has 0 N–H and O–H groups in total.